The number of hydrazine groups is 1. The Balaban J connectivity index is 1.22. The van der Waals surface area contributed by atoms with Gasteiger partial charge < -0.3 is 4.90 Å². The van der Waals surface area contributed by atoms with Crippen LogP contribution >= 0.6 is 11.6 Å². The molecule has 1 N–H and O–H groups in total. The molecule has 5 rings (SSSR count). The van der Waals surface area contributed by atoms with Gasteiger partial charge in [0.2, 0.25) is 5.91 Å². The lowest BCUT2D eigenvalue weighted by Crippen LogP contribution is -2.56. The fourth-order valence-corrected chi connectivity index (χ4v) is 4.66. The highest BCUT2D eigenvalue weighted by Crippen LogP contribution is 2.27. The van der Waals surface area contributed by atoms with Crippen LogP contribution in [-0.4, -0.2) is 70.5 Å². The van der Waals surface area contributed by atoms with Crippen LogP contribution < -0.4 is 10.2 Å². The Hall–Kier alpha value is -3.17. The first-order chi connectivity index (χ1) is 15.5. The van der Waals surface area contributed by atoms with Gasteiger partial charge in [0, 0.05) is 50.9 Å². The monoisotopic (exact) mass is 454 g/mol. The number of rotatable bonds is 4. The Bertz CT molecular complexity index is 1090. The highest BCUT2D eigenvalue weighted by Gasteiger charge is 2.37. The van der Waals surface area contributed by atoms with Gasteiger partial charge in [0.05, 0.1) is 18.1 Å². The van der Waals surface area contributed by atoms with Gasteiger partial charge in [-0.3, -0.25) is 19.8 Å². The van der Waals surface area contributed by atoms with Crippen LogP contribution in [0.2, 0.25) is 5.02 Å². The van der Waals surface area contributed by atoms with Crippen LogP contribution in [-0.2, 0) is 17.9 Å². The van der Waals surface area contributed by atoms with Gasteiger partial charge in [-0.1, -0.05) is 23.7 Å². The highest BCUT2D eigenvalue weighted by atomic mass is 35.5. The molecule has 0 bridgehead atoms. The zero-order chi connectivity index (χ0) is 22.2. The first-order valence-corrected chi connectivity index (χ1v) is 11.0. The molecule has 0 spiro atoms. The van der Waals surface area contributed by atoms with Gasteiger partial charge in [-0.25, -0.2) is 19.8 Å². The molecule has 0 unspecified atom stereocenters. The summed E-state index contributed by atoms with van der Waals surface area (Å²) in [7, 11) is 0. The molecule has 0 aliphatic carbocycles. The zero-order valence-corrected chi connectivity index (χ0v) is 18.2. The smallest absolute Gasteiger partial charge is 0.342 e. The highest BCUT2D eigenvalue weighted by molar-refractivity contribution is 6.32. The number of benzene rings is 1. The van der Waals surface area contributed by atoms with Crippen LogP contribution in [0.1, 0.15) is 27.9 Å². The maximum absolute atomic E-state index is 12.8. The molecular weight excluding hydrogens is 432 g/mol. The van der Waals surface area contributed by atoms with Crippen LogP contribution in [0.3, 0.4) is 0 Å². The molecule has 4 amide bonds. The van der Waals surface area contributed by atoms with Crippen LogP contribution in [0.15, 0.2) is 36.5 Å². The lowest BCUT2D eigenvalue weighted by molar-refractivity contribution is -0.123. The zero-order valence-electron chi connectivity index (χ0n) is 17.5. The molecule has 1 aromatic carbocycles. The van der Waals surface area contributed by atoms with E-state index < -0.39 is 6.03 Å². The number of anilines is 1. The Morgan fingerprint density at radius 1 is 1.00 bits per heavy atom. The van der Waals surface area contributed by atoms with Gasteiger partial charge in [-0.2, -0.15) is 0 Å². The summed E-state index contributed by atoms with van der Waals surface area (Å²) >= 11 is 6.28. The largest absolute Gasteiger partial charge is 0.353 e. The summed E-state index contributed by atoms with van der Waals surface area (Å²) in [5.74, 6) is 0.299. The van der Waals surface area contributed by atoms with Crippen molar-refractivity contribution in [3.8, 4) is 0 Å². The van der Waals surface area contributed by atoms with E-state index in [1.165, 1.54) is 10.0 Å². The van der Waals surface area contributed by atoms with Gasteiger partial charge >= 0.3 is 6.03 Å². The number of fused-ring (bicyclic) bond motifs is 1. The molecule has 3 aliphatic heterocycles. The molecule has 32 heavy (non-hydrogen) atoms. The molecule has 1 aromatic heterocycles. The van der Waals surface area contributed by atoms with Crippen molar-refractivity contribution in [1.29, 1.82) is 0 Å². The molecule has 2 saturated heterocycles. The number of piperazine rings is 1. The Morgan fingerprint density at radius 3 is 2.56 bits per heavy atom. The van der Waals surface area contributed by atoms with Crippen LogP contribution in [0.25, 0.3) is 0 Å². The van der Waals surface area contributed by atoms with Crippen molar-refractivity contribution < 1.29 is 14.4 Å². The number of carbonyl (C=O) groups excluding carboxylic acids is 3. The predicted octanol–water partition coefficient (Wildman–Crippen LogP) is 1.87. The van der Waals surface area contributed by atoms with Gasteiger partial charge in [0.25, 0.3) is 5.91 Å². The fraction of sp³-hybridized carbons (Fsp3) is 0.364. The molecule has 4 heterocycles. The first-order valence-electron chi connectivity index (χ1n) is 10.6. The normalized spacial score (nSPS) is 19.4. The average Bonchev–Trinajstić information content (AvgIpc) is 3.10. The van der Waals surface area contributed by atoms with Crippen LogP contribution in [0.4, 0.5) is 10.6 Å². The number of urea groups is 1. The van der Waals surface area contributed by atoms with Crippen LogP contribution in [0.5, 0.6) is 0 Å². The first kappa shape index (κ1) is 20.7. The summed E-state index contributed by atoms with van der Waals surface area (Å²) in [6.45, 7) is 4.78. The number of imide groups is 1. The summed E-state index contributed by atoms with van der Waals surface area (Å²) in [6, 6.07) is 9.00. The van der Waals surface area contributed by atoms with Gasteiger partial charge in [-0.05, 0) is 29.3 Å². The Labute approximate surface area is 190 Å². The van der Waals surface area contributed by atoms with Crippen LogP contribution in [0, 0.1) is 0 Å². The van der Waals surface area contributed by atoms with E-state index in [4.69, 9.17) is 11.6 Å². The second kappa shape index (κ2) is 8.40. The van der Waals surface area contributed by atoms with E-state index in [-0.39, 0.29) is 24.8 Å². The maximum atomic E-state index is 12.8. The average molecular weight is 455 g/mol. The summed E-state index contributed by atoms with van der Waals surface area (Å²) in [5, 5.41) is 5.68. The number of pyridine rings is 1. The molecule has 166 valence electrons. The predicted molar refractivity (Wildman–Crippen MR) is 118 cm³/mol. The van der Waals surface area contributed by atoms with Gasteiger partial charge in [0.1, 0.15) is 5.82 Å². The van der Waals surface area contributed by atoms with Crippen molar-refractivity contribution in [2.24, 2.45) is 0 Å². The minimum Gasteiger partial charge on any atom is -0.353 e. The van der Waals surface area contributed by atoms with E-state index in [1.807, 2.05) is 30.3 Å². The number of aromatic nitrogens is 1. The van der Waals surface area contributed by atoms with Crippen molar-refractivity contribution >= 4 is 35.3 Å². The van der Waals surface area contributed by atoms with Crippen molar-refractivity contribution in [2.45, 2.75) is 19.5 Å². The Morgan fingerprint density at radius 2 is 1.81 bits per heavy atom. The van der Waals surface area contributed by atoms with Crippen molar-refractivity contribution in [3.63, 3.8) is 0 Å². The number of amides is 4. The molecule has 0 atom stereocenters. The SMILES string of the molecule is O=C1CCN(N2Cc3cc(CN4CCN(c5ncccc5Cl)CC4)ccc3C2=O)C(=O)N1. The van der Waals surface area contributed by atoms with Crippen molar-refractivity contribution in [2.75, 3.05) is 37.6 Å². The summed E-state index contributed by atoms with van der Waals surface area (Å²) in [6.07, 6.45) is 1.95. The Kier molecular flexibility index (Phi) is 5.44. The molecule has 3 aliphatic rings. The standard InChI is InChI=1S/C22H23ClN6O3/c23-18-2-1-6-24-20(18)27-10-8-26(9-11-27)13-15-3-4-17-16(12-15)14-29(21(17)31)28-7-5-19(30)25-22(28)32/h1-4,6,12H,5,7-11,13-14H2,(H,25,30,32). The van der Waals surface area contributed by atoms with Crippen molar-refractivity contribution in [1.82, 2.24) is 25.2 Å². The fourth-order valence-electron chi connectivity index (χ4n) is 4.42. The number of nitrogens with zero attached hydrogens (tertiary/aromatic N) is 5. The summed E-state index contributed by atoms with van der Waals surface area (Å²) in [4.78, 5) is 45.3. The molecule has 0 saturated carbocycles. The number of halogens is 1. The number of hydrogen-bond donors (Lipinski definition) is 1. The van der Waals surface area contributed by atoms with E-state index >= 15 is 0 Å². The van der Waals surface area contributed by atoms with E-state index in [1.54, 1.807) is 6.20 Å². The third-order valence-corrected chi connectivity index (χ3v) is 6.39. The van der Waals surface area contributed by atoms with E-state index in [0.717, 1.165) is 49.7 Å². The van der Waals surface area contributed by atoms with E-state index in [2.05, 4.69) is 20.1 Å². The minimum atomic E-state index is -0.548. The number of hydrogen-bond acceptors (Lipinski definition) is 6. The second-order valence-corrected chi connectivity index (χ2v) is 8.56. The molecule has 10 heteroatoms. The minimum absolute atomic E-state index is 0.187. The number of nitrogens with one attached hydrogen (secondary N) is 1. The molecular formula is C22H23ClN6O3. The lowest BCUT2D eigenvalue weighted by Gasteiger charge is -2.35. The van der Waals surface area contributed by atoms with E-state index in [9.17, 15) is 14.4 Å². The van der Waals surface area contributed by atoms with Gasteiger partial charge in [-0.15, -0.1) is 0 Å². The molecule has 0 radical (unpaired) electrons. The lowest BCUT2D eigenvalue weighted by atomic mass is 10.1. The summed E-state index contributed by atoms with van der Waals surface area (Å²) in [5.41, 5.74) is 2.63. The van der Waals surface area contributed by atoms with Gasteiger partial charge in [0.15, 0.2) is 0 Å². The topological polar surface area (TPSA) is 89.1 Å². The summed E-state index contributed by atoms with van der Waals surface area (Å²) < 4.78 is 0. The van der Waals surface area contributed by atoms with E-state index in [0.29, 0.717) is 17.1 Å². The maximum Gasteiger partial charge on any atom is 0.342 e. The molecule has 9 nitrogen and oxygen atoms in total. The third-order valence-electron chi connectivity index (χ3n) is 6.09. The molecule has 2 aromatic rings. The second-order valence-electron chi connectivity index (χ2n) is 8.15. The molecule has 2 fully saturated rings. The number of carbonyl (C=O) groups is 3. The quantitative estimate of drug-likeness (QED) is 0.758. The third kappa shape index (κ3) is 3.89. The van der Waals surface area contributed by atoms with Crippen molar-refractivity contribution in [3.05, 3.63) is 58.2 Å².